The summed E-state index contributed by atoms with van der Waals surface area (Å²) >= 11 is 6.33. The SMILES string of the molecule is OCCNC(c1ccc2c(c1)OCCO2)c1ccccc1Cl. The summed E-state index contributed by atoms with van der Waals surface area (Å²) in [4.78, 5) is 0. The average Bonchev–Trinajstić information content (AvgIpc) is 2.56. The fourth-order valence-electron chi connectivity index (χ4n) is 2.56. The molecule has 0 bridgehead atoms. The highest BCUT2D eigenvalue weighted by Gasteiger charge is 2.19. The molecule has 0 saturated carbocycles. The van der Waals surface area contributed by atoms with E-state index in [2.05, 4.69) is 5.32 Å². The van der Waals surface area contributed by atoms with Gasteiger partial charge >= 0.3 is 0 Å². The first-order chi connectivity index (χ1) is 10.8. The van der Waals surface area contributed by atoms with Crippen LogP contribution in [0.2, 0.25) is 5.02 Å². The van der Waals surface area contributed by atoms with Crippen LogP contribution in [0.4, 0.5) is 0 Å². The fraction of sp³-hybridized carbons (Fsp3) is 0.294. The molecule has 2 aromatic carbocycles. The summed E-state index contributed by atoms with van der Waals surface area (Å²) in [7, 11) is 0. The van der Waals surface area contributed by atoms with E-state index in [9.17, 15) is 0 Å². The summed E-state index contributed by atoms with van der Waals surface area (Å²) in [5.74, 6) is 1.50. The molecule has 2 aromatic rings. The predicted octanol–water partition coefficient (Wildman–Crippen LogP) is 2.78. The van der Waals surface area contributed by atoms with Gasteiger partial charge in [0.15, 0.2) is 11.5 Å². The molecule has 1 aliphatic rings. The number of halogens is 1. The maximum absolute atomic E-state index is 9.13. The Balaban J connectivity index is 1.97. The lowest BCUT2D eigenvalue weighted by molar-refractivity contribution is 0.171. The Hall–Kier alpha value is -1.75. The molecule has 1 heterocycles. The molecule has 4 nitrogen and oxygen atoms in total. The van der Waals surface area contributed by atoms with Gasteiger partial charge in [-0.15, -0.1) is 0 Å². The summed E-state index contributed by atoms with van der Waals surface area (Å²) in [6.07, 6.45) is 0. The molecule has 5 heteroatoms. The van der Waals surface area contributed by atoms with Crippen molar-refractivity contribution in [3.8, 4) is 11.5 Å². The molecule has 116 valence electrons. The van der Waals surface area contributed by atoms with Crippen LogP contribution in [-0.2, 0) is 0 Å². The normalized spacial score (nSPS) is 14.6. The zero-order chi connectivity index (χ0) is 15.4. The molecule has 1 aliphatic heterocycles. The third-order valence-corrected chi connectivity index (χ3v) is 3.92. The van der Waals surface area contributed by atoms with E-state index in [0.29, 0.717) is 24.8 Å². The highest BCUT2D eigenvalue weighted by molar-refractivity contribution is 6.31. The molecule has 1 atom stereocenters. The quantitative estimate of drug-likeness (QED) is 0.890. The second-order valence-electron chi connectivity index (χ2n) is 5.04. The monoisotopic (exact) mass is 319 g/mol. The number of rotatable bonds is 5. The maximum atomic E-state index is 9.13. The van der Waals surface area contributed by atoms with E-state index in [0.717, 1.165) is 22.6 Å². The van der Waals surface area contributed by atoms with E-state index in [1.807, 2.05) is 42.5 Å². The van der Waals surface area contributed by atoms with Gasteiger partial charge in [-0.25, -0.2) is 0 Å². The fourth-order valence-corrected chi connectivity index (χ4v) is 2.81. The van der Waals surface area contributed by atoms with Crippen molar-refractivity contribution in [2.45, 2.75) is 6.04 Å². The Morgan fingerprint density at radius 1 is 1.09 bits per heavy atom. The molecule has 0 aromatic heterocycles. The van der Waals surface area contributed by atoms with Gasteiger partial charge in [-0.3, -0.25) is 0 Å². The van der Waals surface area contributed by atoms with Crippen molar-refractivity contribution in [3.63, 3.8) is 0 Å². The number of hydrogen-bond acceptors (Lipinski definition) is 4. The molecule has 0 spiro atoms. The minimum Gasteiger partial charge on any atom is -0.486 e. The molecular weight excluding hydrogens is 302 g/mol. The summed E-state index contributed by atoms with van der Waals surface area (Å²) in [6, 6.07) is 13.5. The maximum Gasteiger partial charge on any atom is 0.161 e. The Kier molecular flexibility index (Phi) is 4.83. The number of hydrogen-bond donors (Lipinski definition) is 2. The van der Waals surface area contributed by atoms with Gasteiger partial charge in [0.05, 0.1) is 12.6 Å². The van der Waals surface area contributed by atoms with Crippen molar-refractivity contribution < 1.29 is 14.6 Å². The molecular formula is C17H18ClNO3. The van der Waals surface area contributed by atoms with Gasteiger partial charge in [0, 0.05) is 11.6 Å². The molecule has 3 rings (SSSR count). The summed E-state index contributed by atoms with van der Waals surface area (Å²) in [5.41, 5.74) is 1.99. The average molecular weight is 320 g/mol. The second-order valence-corrected chi connectivity index (χ2v) is 5.44. The smallest absolute Gasteiger partial charge is 0.161 e. The first-order valence-electron chi connectivity index (χ1n) is 7.28. The van der Waals surface area contributed by atoms with E-state index in [4.69, 9.17) is 26.2 Å². The van der Waals surface area contributed by atoms with Crippen LogP contribution < -0.4 is 14.8 Å². The lowest BCUT2D eigenvalue weighted by atomic mass is 9.98. The van der Waals surface area contributed by atoms with Gasteiger partial charge in [0.1, 0.15) is 13.2 Å². The number of benzene rings is 2. The van der Waals surface area contributed by atoms with Crippen molar-refractivity contribution in [2.75, 3.05) is 26.4 Å². The van der Waals surface area contributed by atoms with Crippen LogP contribution in [0.3, 0.4) is 0 Å². The molecule has 0 amide bonds. The first-order valence-corrected chi connectivity index (χ1v) is 7.65. The predicted molar refractivity (Wildman–Crippen MR) is 85.8 cm³/mol. The van der Waals surface area contributed by atoms with Crippen LogP contribution in [0.15, 0.2) is 42.5 Å². The molecule has 0 radical (unpaired) electrons. The number of ether oxygens (including phenoxy) is 2. The standard InChI is InChI=1S/C17H18ClNO3/c18-14-4-2-1-3-13(14)17(19-7-8-20)12-5-6-15-16(11-12)22-10-9-21-15/h1-6,11,17,19-20H,7-10H2. The van der Waals surface area contributed by atoms with E-state index >= 15 is 0 Å². The van der Waals surface area contributed by atoms with E-state index < -0.39 is 0 Å². The lowest BCUT2D eigenvalue weighted by Gasteiger charge is -2.24. The largest absolute Gasteiger partial charge is 0.486 e. The van der Waals surface area contributed by atoms with Crippen LogP contribution in [0.25, 0.3) is 0 Å². The third kappa shape index (κ3) is 3.19. The summed E-state index contributed by atoms with van der Waals surface area (Å²) in [6.45, 7) is 1.66. The minimum atomic E-state index is -0.114. The summed E-state index contributed by atoms with van der Waals surface area (Å²) < 4.78 is 11.2. The van der Waals surface area contributed by atoms with Crippen molar-refractivity contribution in [1.82, 2.24) is 5.32 Å². The van der Waals surface area contributed by atoms with Crippen LogP contribution in [0, 0.1) is 0 Å². The van der Waals surface area contributed by atoms with Crippen molar-refractivity contribution >= 4 is 11.6 Å². The Labute approximate surface area is 134 Å². The van der Waals surface area contributed by atoms with Gasteiger partial charge in [-0.1, -0.05) is 35.9 Å². The van der Waals surface area contributed by atoms with Gasteiger partial charge in [-0.05, 0) is 29.3 Å². The topological polar surface area (TPSA) is 50.7 Å². The number of aliphatic hydroxyl groups excluding tert-OH is 1. The van der Waals surface area contributed by atoms with Crippen molar-refractivity contribution in [2.24, 2.45) is 0 Å². The van der Waals surface area contributed by atoms with Gasteiger partial charge in [0.25, 0.3) is 0 Å². The molecule has 1 unspecified atom stereocenters. The minimum absolute atomic E-state index is 0.0610. The number of fused-ring (bicyclic) bond motifs is 1. The second kappa shape index (κ2) is 7.01. The molecule has 0 saturated heterocycles. The van der Waals surface area contributed by atoms with Gasteiger partial charge < -0.3 is 19.9 Å². The van der Waals surface area contributed by atoms with E-state index in [1.165, 1.54) is 0 Å². The van der Waals surface area contributed by atoms with Gasteiger partial charge in [0.2, 0.25) is 0 Å². The molecule has 0 fully saturated rings. The van der Waals surface area contributed by atoms with Crippen LogP contribution in [0.5, 0.6) is 11.5 Å². The van der Waals surface area contributed by atoms with Crippen LogP contribution in [0.1, 0.15) is 17.2 Å². The first kappa shape index (κ1) is 15.2. The van der Waals surface area contributed by atoms with Crippen molar-refractivity contribution in [3.05, 3.63) is 58.6 Å². The van der Waals surface area contributed by atoms with E-state index in [1.54, 1.807) is 0 Å². The number of aliphatic hydroxyl groups is 1. The molecule has 0 aliphatic carbocycles. The van der Waals surface area contributed by atoms with Crippen LogP contribution >= 0.6 is 11.6 Å². The highest BCUT2D eigenvalue weighted by atomic mass is 35.5. The van der Waals surface area contributed by atoms with E-state index in [-0.39, 0.29) is 12.6 Å². The third-order valence-electron chi connectivity index (χ3n) is 3.58. The lowest BCUT2D eigenvalue weighted by Crippen LogP contribution is -2.26. The molecule has 22 heavy (non-hydrogen) atoms. The Bertz CT molecular complexity index is 648. The molecule has 2 N–H and O–H groups in total. The van der Waals surface area contributed by atoms with Crippen LogP contribution in [-0.4, -0.2) is 31.5 Å². The zero-order valence-electron chi connectivity index (χ0n) is 12.1. The Morgan fingerprint density at radius 3 is 2.64 bits per heavy atom. The van der Waals surface area contributed by atoms with Crippen molar-refractivity contribution in [1.29, 1.82) is 0 Å². The highest BCUT2D eigenvalue weighted by Crippen LogP contribution is 2.35. The Morgan fingerprint density at radius 2 is 1.86 bits per heavy atom. The zero-order valence-corrected chi connectivity index (χ0v) is 12.8. The van der Waals surface area contributed by atoms with Gasteiger partial charge in [-0.2, -0.15) is 0 Å². The number of nitrogens with one attached hydrogen (secondary N) is 1. The summed E-state index contributed by atoms with van der Waals surface area (Å²) in [5, 5.41) is 13.1.